The van der Waals surface area contributed by atoms with Crippen LogP contribution in [-0.4, -0.2) is 10.9 Å². The normalized spacial score (nSPS) is 11.3. The highest BCUT2D eigenvalue weighted by Crippen LogP contribution is 2.27. The van der Waals surface area contributed by atoms with Gasteiger partial charge in [-0.3, -0.25) is 9.78 Å². The van der Waals surface area contributed by atoms with Gasteiger partial charge in [-0.15, -0.1) is 0 Å². The largest absolute Gasteiger partial charge is 0.433 e. The van der Waals surface area contributed by atoms with Crippen LogP contribution in [0.4, 0.5) is 23.2 Å². The van der Waals surface area contributed by atoms with Gasteiger partial charge in [0.05, 0.1) is 11.3 Å². The molecule has 1 N–H and O–H groups in total. The van der Waals surface area contributed by atoms with Crippen molar-refractivity contribution >= 4 is 11.6 Å². The first-order valence-electron chi connectivity index (χ1n) is 5.88. The van der Waals surface area contributed by atoms with E-state index in [2.05, 4.69) is 10.3 Å². The zero-order valence-corrected chi connectivity index (χ0v) is 10.8. The second-order valence-corrected chi connectivity index (χ2v) is 4.37. The summed E-state index contributed by atoms with van der Waals surface area (Å²) in [5, 5.41) is 2.28. The van der Waals surface area contributed by atoms with E-state index >= 15 is 0 Å². The molecule has 0 aliphatic carbocycles. The van der Waals surface area contributed by atoms with Crippen LogP contribution in [0, 0.1) is 12.7 Å². The molecule has 2 rings (SSSR count). The number of hydrogen-bond donors (Lipinski definition) is 1. The maximum absolute atomic E-state index is 13.6. The van der Waals surface area contributed by atoms with E-state index in [1.165, 1.54) is 12.1 Å². The number of aromatic nitrogens is 1. The summed E-state index contributed by atoms with van der Waals surface area (Å²) in [6.07, 6.45) is -3.78. The van der Waals surface area contributed by atoms with Crippen LogP contribution in [0.25, 0.3) is 0 Å². The van der Waals surface area contributed by atoms with E-state index in [1.807, 2.05) is 0 Å². The van der Waals surface area contributed by atoms with Crippen LogP contribution in [0.3, 0.4) is 0 Å². The highest BCUT2D eigenvalue weighted by atomic mass is 19.4. The zero-order chi connectivity index (χ0) is 15.6. The summed E-state index contributed by atoms with van der Waals surface area (Å²) in [5.41, 5.74) is -0.560. The Labute approximate surface area is 117 Å². The van der Waals surface area contributed by atoms with Crippen molar-refractivity contribution < 1.29 is 22.4 Å². The summed E-state index contributed by atoms with van der Waals surface area (Å²) in [7, 11) is 0. The lowest BCUT2D eigenvalue weighted by atomic mass is 10.2. The second-order valence-electron chi connectivity index (χ2n) is 4.37. The van der Waals surface area contributed by atoms with Crippen molar-refractivity contribution in [3.8, 4) is 0 Å². The van der Waals surface area contributed by atoms with Crippen molar-refractivity contribution in [2.24, 2.45) is 0 Å². The van der Waals surface area contributed by atoms with Gasteiger partial charge < -0.3 is 5.32 Å². The van der Waals surface area contributed by atoms with Crippen molar-refractivity contribution in [1.29, 1.82) is 0 Å². The number of carbonyl (C=O) groups is 1. The Balaban J connectivity index is 2.17. The fourth-order valence-corrected chi connectivity index (χ4v) is 1.61. The predicted molar refractivity (Wildman–Crippen MR) is 68.3 cm³/mol. The number of carbonyl (C=O) groups excluding carboxylic acids is 1. The molecule has 1 aromatic carbocycles. The number of nitrogens with one attached hydrogen (secondary N) is 1. The van der Waals surface area contributed by atoms with Crippen LogP contribution < -0.4 is 5.32 Å². The van der Waals surface area contributed by atoms with Gasteiger partial charge in [-0.1, -0.05) is 6.07 Å². The minimum absolute atomic E-state index is 0.0505. The average molecular weight is 298 g/mol. The van der Waals surface area contributed by atoms with Crippen LogP contribution in [0.1, 0.15) is 21.6 Å². The molecule has 3 nitrogen and oxygen atoms in total. The summed E-state index contributed by atoms with van der Waals surface area (Å²) < 4.78 is 50.6. The molecule has 0 spiro atoms. The second kappa shape index (κ2) is 5.51. The van der Waals surface area contributed by atoms with E-state index in [-0.39, 0.29) is 11.3 Å². The number of aryl methyl sites for hydroxylation is 1. The van der Waals surface area contributed by atoms with Crippen molar-refractivity contribution in [3.05, 3.63) is 59.2 Å². The Morgan fingerprint density at radius 1 is 1.19 bits per heavy atom. The van der Waals surface area contributed by atoms with Crippen LogP contribution in [0.5, 0.6) is 0 Å². The third kappa shape index (κ3) is 3.56. The lowest BCUT2D eigenvalue weighted by Gasteiger charge is -2.08. The molecular weight excluding hydrogens is 288 g/mol. The number of nitrogens with zero attached hydrogens (tertiary/aromatic N) is 1. The van der Waals surface area contributed by atoms with Crippen LogP contribution in [-0.2, 0) is 6.18 Å². The molecular formula is C14H10F4N2O. The highest BCUT2D eigenvalue weighted by molar-refractivity contribution is 6.04. The molecule has 1 amide bonds. The van der Waals surface area contributed by atoms with E-state index in [1.54, 1.807) is 13.0 Å². The number of halogens is 4. The summed E-state index contributed by atoms with van der Waals surface area (Å²) in [5.74, 6) is -1.36. The molecule has 0 unspecified atom stereocenters. The molecule has 0 saturated heterocycles. The Kier molecular flexibility index (Phi) is 3.93. The number of amides is 1. The maximum atomic E-state index is 13.6. The molecule has 0 radical (unpaired) electrons. The van der Waals surface area contributed by atoms with Gasteiger partial charge in [-0.25, -0.2) is 4.39 Å². The van der Waals surface area contributed by atoms with Gasteiger partial charge in [0.25, 0.3) is 5.91 Å². The number of hydrogen-bond acceptors (Lipinski definition) is 2. The minimum atomic E-state index is -4.57. The van der Waals surface area contributed by atoms with E-state index in [4.69, 9.17) is 0 Å². The fraction of sp³-hybridized carbons (Fsp3) is 0.143. The SMILES string of the molecule is Cc1ccc(NC(=O)c2ccc(C(F)(F)F)nc2)c(F)c1. The minimum Gasteiger partial charge on any atom is -0.319 e. The Morgan fingerprint density at radius 3 is 2.43 bits per heavy atom. The van der Waals surface area contributed by atoms with Gasteiger partial charge in [-0.05, 0) is 36.8 Å². The van der Waals surface area contributed by atoms with Crippen molar-refractivity contribution in [1.82, 2.24) is 4.98 Å². The Bertz CT molecular complexity index is 666. The third-order valence-electron chi connectivity index (χ3n) is 2.69. The van der Waals surface area contributed by atoms with Crippen LogP contribution in [0.2, 0.25) is 0 Å². The average Bonchev–Trinajstić information content (AvgIpc) is 2.41. The monoisotopic (exact) mass is 298 g/mol. The quantitative estimate of drug-likeness (QED) is 0.857. The number of rotatable bonds is 2. The summed E-state index contributed by atoms with van der Waals surface area (Å²) >= 11 is 0. The third-order valence-corrected chi connectivity index (χ3v) is 2.69. The smallest absolute Gasteiger partial charge is 0.319 e. The van der Waals surface area contributed by atoms with E-state index in [0.29, 0.717) is 11.6 Å². The molecule has 2 aromatic rings. The van der Waals surface area contributed by atoms with E-state index in [9.17, 15) is 22.4 Å². The Morgan fingerprint density at radius 2 is 1.90 bits per heavy atom. The lowest BCUT2D eigenvalue weighted by molar-refractivity contribution is -0.141. The van der Waals surface area contributed by atoms with Crippen molar-refractivity contribution in [2.75, 3.05) is 5.32 Å². The molecule has 0 atom stereocenters. The van der Waals surface area contributed by atoms with Crippen LogP contribution in [0.15, 0.2) is 36.5 Å². The number of pyridine rings is 1. The van der Waals surface area contributed by atoms with Crippen molar-refractivity contribution in [3.63, 3.8) is 0 Å². The molecule has 7 heteroatoms. The van der Waals surface area contributed by atoms with Gasteiger partial charge in [0.1, 0.15) is 11.5 Å². The lowest BCUT2D eigenvalue weighted by Crippen LogP contribution is -2.15. The number of benzene rings is 1. The molecule has 0 bridgehead atoms. The zero-order valence-electron chi connectivity index (χ0n) is 10.8. The van der Waals surface area contributed by atoms with Gasteiger partial charge in [0, 0.05) is 6.20 Å². The van der Waals surface area contributed by atoms with Gasteiger partial charge in [0.2, 0.25) is 0 Å². The predicted octanol–water partition coefficient (Wildman–Crippen LogP) is 3.80. The maximum Gasteiger partial charge on any atom is 0.433 e. The fourth-order valence-electron chi connectivity index (χ4n) is 1.61. The van der Waals surface area contributed by atoms with Crippen LogP contribution >= 0.6 is 0 Å². The molecule has 0 aliphatic heterocycles. The molecule has 21 heavy (non-hydrogen) atoms. The first-order chi connectivity index (χ1) is 9.77. The van der Waals surface area contributed by atoms with Gasteiger partial charge in [-0.2, -0.15) is 13.2 Å². The van der Waals surface area contributed by atoms with Gasteiger partial charge in [0.15, 0.2) is 0 Å². The van der Waals surface area contributed by atoms with Gasteiger partial charge >= 0.3 is 6.18 Å². The standard InChI is InChI=1S/C14H10F4N2O/c1-8-2-4-11(10(15)6-8)20-13(21)9-3-5-12(19-7-9)14(16,17)18/h2-7H,1H3,(H,20,21). The number of anilines is 1. The number of alkyl halides is 3. The molecule has 0 aliphatic rings. The van der Waals surface area contributed by atoms with E-state index in [0.717, 1.165) is 12.3 Å². The Hall–Kier alpha value is -2.44. The molecule has 0 saturated carbocycles. The molecule has 1 aromatic heterocycles. The van der Waals surface area contributed by atoms with E-state index < -0.39 is 23.6 Å². The topological polar surface area (TPSA) is 42.0 Å². The molecule has 0 fully saturated rings. The summed E-state index contributed by atoms with van der Waals surface area (Å²) in [4.78, 5) is 15.0. The first kappa shape index (κ1) is 15.0. The highest BCUT2D eigenvalue weighted by Gasteiger charge is 2.32. The first-order valence-corrected chi connectivity index (χ1v) is 5.88. The molecule has 110 valence electrons. The summed E-state index contributed by atoms with van der Waals surface area (Å²) in [6.45, 7) is 1.69. The summed E-state index contributed by atoms with van der Waals surface area (Å²) in [6, 6.07) is 5.89. The molecule has 1 heterocycles. The van der Waals surface area contributed by atoms with Crippen molar-refractivity contribution in [2.45, 2.75) is 13.1 Å².